The Morgan fingerprint density at radius 3 is 2.82 bits per heavy atom. The monoisotopic (exact) mass is 511 g/mol. The predicted octanol–water partition coefficient (Wildman–Crippen LogP) is 5.25. The van der Waals surface area contributed by atoms with E-state index in [-0.39, 0.29) is 5.24 Å². The van der Waals surface area contributed by atoms with E-state index in [9.17, 15) is 9.59 Å². The van der Waals surface area contributed by atoms with Crippen LogP contribution in [-0.2, 0) is 12.8 Å². The number of carbonyl (C=O) groups is 2. The second-order valence-electron chi connectivity index (χ2n) is 7.76. The van der Waals surface area contributed by atoms with Crippen LogP contribution in [-0.4, -0.2) is 56.7 Å². The van der Waals surface area contributed by atoms with Gasteiger partial charge in [0.1, 0.15) is 4.88 Å². The zero-order valence-corrected chi connectivity index (χ0v) is 21.1. The Hall–Kier alpha value is -2.64. The van der Waals surface area contributed by atoms with Crippen LogP contribution in [0.2, 0.25) is 0 Å². The second-order valence-corrected chi connectivity index (χ2v) is 10.9. The number of aromatic nitrogens is 1. The van der Waals surface area contributed by atoms with Gasteiger partial charge in [-0.2, -0.15) is 0 Å². The van der Waals surface area contributed by atoms with Crippen LogP contribution in [0, 0.1) is 11.8 Å². The van der Waals surface area contributed by atoms with Crippen molar-refractivity contribution >= 4 is 45.6 Å². The number of thioether (sulfide) groups is 1. The summed E-state index contributed by atoms with van der Waals surface area (Å²) in [4.78, 5) is 29.1. The zero-order chi connectivity index (χ0) is 23.8. The number of nitrogens with zero attached hydrogens (tertiary/aromatic N) is 3. The number of hydrazine groups is 1. The Balaban J connectivity index is 1.26. The van der Waals surface area contributed by atoms with E-state index < -0.39 is 5.97 Å². The van der Waals surface area contributed by atoms with Crippen LogP contribution in [0.25, 0.3) is 0 Å². The summed E-state index contributed by atoms with van der Waals surface area (Å²) in [6.45, 7) is 2.26. The van der Waals surface area contributed by atoms with Crippen molar-refractivity contribution in [1.29, 1.82) is 0 Å². The molecule has 1 amide bonds. The van der Waals surface area contributed by atoms with Crippen LogP contribution >= 0.6 is 34.4 Å². The maximum atomic E-state index is 12.5. The maximum Gasteiger partial charge on any atom is 0.345 e. The minimum atomic E-state index is -0.903. The standard InChI is InChI=1S/C25H25N3O3S3/c29-24(30)22-9-8-21(34-22)11-14-28-25(31)33-17-15-27(28)13-2-1-4-19-5-3-6-20(18-19)7-10-23-26-12-16-32-23/h3,5-6,8-9,12,16,18H,1-2,4,11,13-15,17H2,(H,29,30). The molecule has 1 aromatic carbocycles. The van der Waals surface area contributed by atoms with Gasteiger partial charge in [-0.05, 0) is 55.0 Å². The smallest absolute Gasteiger partial charge is 0.345 e. The maximum absolute atomic E-state index is 12.5. The topological polar surface area (TPSA) is 73.7 Å². The van der Waals surface area contributed by atoms with E-state index in [0.29, 0.717) is 17.8 Å². The highest BCUT2D eigenvalue weighted by atomic mass is 32.2. The summed E-state index contributed by atoms with van der Waals surface area (Å²) >= 11 is 4.17. The summed E-state index contributed by atoms with van der Waals surface area (Å²) in [5.74, 6) is 6.19. The van der Waals surface area contributed by atoms with E-state index in [4.69, 9.17) is 5.11 Å². The normalized spacial score (nSPS) is 14.1. The molecule has 6 nitrogen and oxygen atoms in total. The molecule has 1 aliphatic heterocycles. The van der Waals surface area contributed by atoms with Gasteiger partial charge in [0, 0.05) is 53.8 Å². The average molecular weight is 512 g/mol. The first kappa shape index (κ1) is 24.5. The zero-order valence-electron chi connectivity index (χ0n) is 18.6. The highest BCUT2D eigenvalue weighted by Crippen LogP contribution is 2.22. The van der Waals surface area contributed by atoms with E-state index in [2.05, 4.69) is 34.0 Å². The molecule has 9 heteroatoms. The van der Waals surface area contributed by atoms with E-state index in [1.165, 1.54) is 40.0 Å². The van der Waals surface area contributed by atoms with Gasteiger partial charge in [-0.25, -0.2) is 14.8 Å². The number of thiazole rings is 1. The third kappa shape index (κ3) is 6.93. The fraction of sp³-hybridized carbons (Fsp3) is 0.320. The van der Waals surface area contributed by atoms with Crippen LogP contribution in [0.3, 0.4) is 0 Å². The predicted molar refractivity (Wildman–Crippen MR) is 139 cm³/mol. The van der Waals surface area contributed by atoms with Gasteiger partial charge in [0.05, 0.1) is 0 Å². The molecule has 2 aromatic heterocycles. The molecule has 176 valence electrons. The molecular weight excluding hydrogens is 486 g/mol. The molecule has 1 fully saturated rings. The number of aromatic carboxylic acids is 1. The largest absolute Gasteiger partial charge is 0.477 e. The molecule has 0 aliphatic carbocycles. The minimum Gasteiger partial charge on any atom is -0.477 e. The van der Waals surface area contributed by atoms with Crippen molar-refractivity contribution < 1.29 is 14.7 Å². The minimum absolute atomic E-state index is 0.0766. The molecule has 0 bridgehead atoms. The summed E-state index contributed by atoms with van der Waals surface area (Å²) in [7, 11) is 0. The molecule has 1 N–H and O–H groups in total. The Morgan fingerprint density at radius 2 is 2.03 bits per heavy atom. The first-order valence-electron chi connectivity index (χ1n) is 11.1. The molecule has 0 unspecified atom stereocenters. The molecule has 0 spiro atoms. The summed E-state index contributed by atoms with van der Waals surface area (Å²) in [5, 5.41) is 15.9. The number of thiophene rings is 1. The van der Waals surface area contributed by atoms with E-state index in [1.54, 1.807) is 12.3 Å². The van der Waals surface area contributed by atoms with Crippen molar-refractivity contribution in [3.63, 3.8) is 0 Å². The van der Waals surface area contributed by atoms with Gasteiger partial charge >= 0.3 is 5.97 Å². The van der Waals surface area contributed by atoms with Crippen LogP contribution in [0.15, 0.2) is 48.0 Å². The lowest BCUT2D eigenvalue weighted by Gasteiger charge is -2.38. The molecule has 0 radical (unpaired) electrons. The third-order valence-corrected chi connectivity index (χ3v) is 8.04. The van der Waals surface area contributed by atoms with Crippen molar-refractivity contribution in [1.82, 2.24) is 15.0 Å². The lowest BCUT2D eigenvalue weighted by molar-refractivity contribution is 0.0270. The lowest BCUT2D eigenvalue weighted by atomic mass is 10.1. The first-order valence-corrected chi connectivity index (χ1v) is 13.8. The van der Waals surface area contributed by atoms with Gasteiger partial charge in [-0.1, -0.05) is 29.8 Å². The van der Waals surface area contributed by atoms with Crippen LogP contribution in [0.4, 0.5) is 4.79 Å². The van der Waals surface area contributed by atoms with Gasteiger partial charge in [0.2, 0.25) is 0 Å². The highest BCUT2D eigenvalue weighted by Gasteiger charge is 2.26. The number of carboxylic acids is 1. The van der Waals surface area contributed by atoms with Gasteiger partial charge in [0.15, 0.2) is 5.01 Å². The van der Waals surface area contributed by atoms with Gasteiger partial charge in [-0.15, -0.1) is 22.7 Å². The Labute approximate surface area is 211 Å². The SMILES string of the molecule is O=C(O)c1ccc(CCN2C(=O)SCCN2CCCCc2cccc(C#Cc3nccs3)c2)s1. The van der Waals surface area contributed by atoms with Crippen LogP contribution < -0.4 is 0 Å². The third-order valence-electron chi connectivity index (χ3n) is 5.37. The fourth-order valence-corrected chi connectivity index (χ4v) is 5.85. The van der Waals surface area contributed by atoms with Gasteiger partial charge in [0.25, 0.3) is 5.24 Å². The molecule has 34 heavy (non-hydrogen) atoms. The van der Waals surface area contributed by atoms with Crippen molar-refractivity contribution in [2.24, 2.45) is 0 Å². The molecule has 1 aliphatic rings. The number of unbranched alkanes of at least 4 members (excludes halogenated alkanes) is 1. The van der Waals surface area contributed by atoms with E-state index in [1.807, 2.05) is 28.6 Å². The van der Waals surface area contributed by atoms with E-state index in [0.717, 1.165) is 53.6 Å². The number of rotatable bonds is 9. The summed E-state index contributed by atoms with van der Waals surface area (Å²) < 4.78 is 0. The fourth-order valence-electron chi connectivity index (χ4n) is 3.70. The first-order chi connectivity index (χ1) is 16.6. The van der Waals surface area contributed by atoms with Crippen molar-refractivity contribution in [2.75, 3.05) is 25.4 Å². The van der Waals surface area contributed by atoms with Crippen molar-refractivity contribution in [3.8, 4) is 11.8 Å². The summed E-state index contributed by atoms with van der Waals surface area (Å²) in [6.07, 6.45) is 5.41. The number of hydrogen-bond acceptors (Lipinski definition) is 7. The highest BCUT2D eigenvalue weighted by molar-refractivity contribution is 8.13. The Morgan fingerprint density at radius 1 is 1.12 bits per heavy atom. The van der Waals surface area contributed by atoms with Crippen molar-refractivity contribution in [3.05, 3.63) is 73.9 Å². The number of hydrogen-bond donors (Lipinski definition) is 1. The number of aryl methyl sites for hydroxylation is 1. The van der Waals surface area contributed by atoms with Gasteiger partial charge in [-0.3, -0.25) is 9.80 Å². The van der Waals surface area contributed by atoms with Crippen LogP contribution in [0.5, 0.6) is 0 Å². The number of amides is 1. The molecule has 3 aromatic rings. The number of carbonyl (C=O) groups excluding carboxylic acids is 1. The molecular formula is C25H25N3O3S3. The molecule has 4 rings (SSSR count). The molecule has 0 atom stereocenters. The molecule has 3 heterocycles. The average Bonchev–Trinajstić information content (AvgIpc) is 3.53. The van der Waals surface area contributed by atoms with Crippen LogP contribution in [0.1, 0.15) is 43.5 Å². The van der Waals surface area contributed by atoms with Crippen molar-refractivity contribution in [2.45, 2.75) is 25.7 Å². The Kier molecular flexibility index (Phi) is 8.77. The number of benzene rings is 1. The van der Waals surface area contributed by atoms with Gasteiger partial charge < -0.3 is 5.11 Å². The second kappa shape index (κ2) is 12.2. The quantitative estimate of drug-likeness (QED) is 0.312. The molecule has 0 saturated carbocycles. The molecule has 1 saturated heterocycles. The Bertz CT molecular complexity index is 1180. The lowest BCUT2D eigenvalue weighted by Crippen LogP contribution is -2.50. The number of carboxylic acid groups (broad SMARTS) is 1. The summed E-state index contributed by atoms with van der Waals surface area (Å²) in [6, 6.07) is 11.8. The van der Waals surface area contributed by atoms with E-state index >= 15 is 0 Å². The summed E-state index contributed by atoms with van der Waals surface area (Å²) in [5.41, 5.74) is 2.26.